The van der Waals surface area contributed by atoms with Gasteiger partial charge in [-0.25, -0.2) is 0 Å². The number of benzene rings is 6. The summed E-state index contributed by atoms with van der Waals surface area (Å²) in [5.74, 6) is -2.66. The maximum absolute atomic E-state index is 11.9. The Balaban J connectivity index is 0.000000435. The summed E-state index contributed by atoms with van der Waals surface area (Å²) in [6.45, 7) is 0. The van der Waals surface area contributed by atoms with Crippen LogP contribution < -0.4 is 30.6 Å². The van der Waals surface area contributed by atoms with Crippen molar-refractivity contribution in [1.29, 1.82) is 0 Å². The van der Waals surface area contributed by atoms with Crippen LogP contribution in [0.15, 0.2) is 218 Å². The summed E-state index contributed by atoms with van der Waals surface area (Å²) in [6.07, 6.45) is 17.8. The molecular weight excluding hydrogens is 1350 g/mol. The maximum Gasteiger partial charge on any atom is 3.00 e. The SMILES string of the molecule is O=C(/C=C(\[O-])c1ccccc1)CCCCCCC(=O)/C=C(\[O-])c1ccccc1.O=C(/C=C(\[O-])c1ccccc1)CCCCCCC(=O)/C=C(\[O-])c1ccccc1.O=C(/C=C(\[O-])c1ccccc1)CCCCCCC(=O)/C=C(\[O-])c1ccccc1.[Nd+3].[Nd+3]. The van der Waals surface area contributed by atoms with Crippen molar-refractivity contribution in [2.24, 2.45) is 0 Å². The van der Waals surface area contributed by atoms with Crippen molar-refractivity contribution in [3.63, 3.8) is 0 Å². The molecule has 0 aliphatic carbocycles. The van der Waals surface area contributed by atoms with Gasteiger partial charge in [0.05, 0.1) is 0 Å². The first-order chi connectivity index (χ1) is 40.7. The molecular formula is C72H72Nd2O12. The van der Waals surface area contributed by atoms with Gasteiger partial charge in [0.1, 0.15) is 0 Å². The molecule has 0 atom stereocenters. The fraction of sp³-hybridized carbons (Fsp3) is 0.250. The molecule has 0 spiro atoms. The zero-order valence-electron chi connectivity index (χ0n) is 48.4. The van der Waals surface area contributed by atoms with Crippen molar-refractivity contribution in [2.45, 2.75) is 116 Å². The van der Waals surface area contributed by atoms with Crippen molar-refractivity contribution in [1.82, 2.24) is 0 Å². The molecule has 0 bridgehead atoms. The van der Waals surface area contributed by atoms with Gasteiger partial charge < -0.3 is 30.6 Å². The van der Waals surface area contributed by atoms with Crippen LogP contribution in [-0.4, -0.2) is 34.7 Å². The van der Waals surface area contributed by atoms with E-state index in [1.807, 2.05) is 36.4 Å². The minimum absolute atomic E-state index is 0. The first-order valence-corrected chi connectivity index (χ1v) is 28.5. The third-order valence-corrected chi connectivity index (χ3v) is 12.9. The Hall–Kier alpha value is -6.72. The molecule has 440 valence electrons. The largest absolute Gasteiger partial charge is 3.00 e. The number of carbonyl (C=O) groups excluding carboxylic acids is 6. The van der Waals surface area contributed by atoms with Crippen LogP contribution in [0.5, 0.6) is 0 Å². The van der Waals surface area contributed by atoms with Crippen LogP contribution >= 0.6 is 0 Å². The molecule has 12 nitrogen and oxygen atoms in total. The molecule has 14 heteroatoms. The third kappa shape index (κ3) is 33.3. The first-order valence-electron chi connectivity index (χ1n) is 28.5. The predicted molar refractivity (Wildman–Crippen MR) is 320 cm³/mol. The van der Waals surface area contributed by atoms with Crippen LogP contribution in [0.3, 0.4) is 0 Å². The number of hydrogen-bond donors (Lipinski definition) is 0. The van der Waals surface area contributed by atoms with Crippen LogP contribution in [-0.2, 0) is 28.8 Å². The van der Waals surface area contributed by atoms with Gasteiger partial charge in [0.25, 0.3) is 0 Å². The van der Waals surface area contributed by atoms with Gasteiger partial charge in [-0.15, -0.1) is 0 Å². The molecule has 2 radical (unpaired) electrons. The van der Waals surface area contributed by atoms with Crippen LogP contribution in [0.25, 0.3) is 34.6 Å². The van der Waals surface area contributed by atoms with Gasteiger partial charge in [0.2, 0.25) is 0 Å². The summed E-state index contributed by atoms with van der Waals surface area (Å²) in [4.78, 5) is 71.1. The normalized spacial score (nSPS) is 11.7. The Morgan fingerprint density at radius 1 is 0.209 bits per heavy atom. The molecule has 6 aromatic rings. The predicted octanol–water partition coefficient (Wildman–Crippen LogP) is 9.80. The van der Waals surface area contributed by atoms with E-state index < -0.39 is 0 Å². The van der Waals surface area contributed by atoms with Gasteiger partial charge >= 0.3 is 81.7 Å². The summed E-state index contributed by atoms with van der Waals surface area (Å²) in [7, 11) is 0. The van der Waals surface area contributed by atoms with Gasteiger partial charge in [0.15, 0.2) is 34.7 Å². The molecule has 6 aromatic carbocycles. The first kappa shape index (κ1) is 75.4. The number of unbranched alkanes of at least 4 members (excludes halogenated alkanes) is 9. The standard InChI is InChI=1S/3C24H26O4.2Nd/c3*25-21(17-23(27)19-11-5-3-6-12-19)15-9-1-2-10-16-22(26)18-24(28)20-13-7-4-8-14-20;;/h3*3-8,11-14,17-18,27-28H,1-2,9-10,15-16H2;;/q;;;2*+3/p-6/b3*23-17-,24-18-;;. The smallest absolute Gasteiger partial charge is 0.872 e. The van der Waals surface area contributed by atoms with Gasteiger partial charge in [0, 0.05) is 38.5 Å². The zero-order chi connectivity index (χ0) is 60.6. The van der Waals surface area contributed by atoms with Gasteiger partial charge in [-0.2, -0.15) is 0 Å². The Morgan fingerprint density at radius 3 is 0.442 bits per heavy atom. The number of rotatable bonds is 33. The second-order valence-electron chi connectivity index (χ2n) is 19.8. The molecule has 86 heavy (non-hydrogen) atoms. The molecule has 0 N–H and O–H groups in total. The summed E-state index contributed by atoms with van der Waals surface area (Å²) in [5.41, 5.74) is 3.06. The van der Waals surface area contributed by atoms with E-state index >= 15 is 0 Å². The summed E-state index contributed by atoms with van der Waals surface area (Å²) < 4.78 is 0. The maximum atomic E-state index is 11.9. The Labute approximate surface area is 572 Å². The second kappa shape index (κ2) is 45.6. The molecule has 0 fully saturated rings. The molecule has 0 unspecified atom stereocenters. The van der Waals surface area contributed by atoms with E-state index in [-0.39, 0.29) is 151 Å². The molecule has 0 aliphatic heterocycles. The van der Waals surface area contributed by atoms with Crippen molar-refractivity contribution in [3.05, 3.63) is 252 Å². The average Bonchev–Trinajstić information content (AvgIpc) is 3.65. The van der Waals surface area contributed by atoms with Crippen molar-refractivity contribution < 1.29 is 141 Å². The Kier molecular flexibility index (Phi) is 39.9. The Bertz CT molecular complexity index is 2600. The van der Waals surface area contributed by atoms with Gasteiger partial charge in [-0.05, 0) is 108 Å². The third-order valence-electron chi connectivity index (χ3n) is 12.9. The van der Waals surface area contributed by atoms with E-state index in [4.69, 9.17) is 0 Å². The number of allylic oxidation sites excluding steroid dienone is 6. The second-order valence-corrected chi connectivity index (χ2v) is 19.8. The van der Waals surface area contributed by atoms with Gasteiger partial charge in [-0.3, -0.25) is 28.8 Å². The molecule has 0 heterocycles. The summed E-state index contributed by atoms with van der Waals surface area (Å²) in [5, 5.41) is 71.5. The quantitative estimate of drug-likeness (QED) is 0.0212. The van der Waals surface area contributed by atoms with E-state index in [9.17, 15) is 59.4 Å². The van der Waals surface area contributed by atoms with Crippen LogP contribution in [0.2, 0.25) is 0 Å². The van der Waals surface area contributed by atoms with Gasteiger partial charge in [-0.1, -0.05) is 255 Å². The number of ketones is 6. The molecule has 0 saturated carbocycles. The molecule has 0 aliphatic rings. The average molecular weight is 1420 g/mol. The van der Waals surface area contributed by atoms with E-state index in [0.717, 1.165) is 75.0 Å². The summed E-state index contributed by atoms with van der Waals surface area (Å²) >= 11 is 0. The molecule has 0 saturated heterocycles. The van der Waals surface area contributed by atoms with Crippen LogP contribution in [0.4, 0.5) is 0 Å². The van der Waals surface area contributed by atoms with Crippen LogP contribution in [0.1, 0.15) is 149 Å². The minimum atomic E-state index is -0.269. The fourth-order valence-corrected chi connectivity index (χ4v) is 8.28. The van der Waals surface area contributed by atoms with E-state index in [1.54, 1.807) is 146 Å². The van der Waals surface area contributed by atoms with E-state index in [1.165, 1.54) is 0 Å². The summed E-state index contributed by atoms with van der Waals surface area (Å²) in [6, 6.07) is 52.2. The van der Waals surface area contributed by atoms with E-state index in [2.05, 4.69) is 0 Å². The van der Waals surface area contributed by atoms with Crippen LogP contribution in [0, 0.1) is 81.7 Å². The van der Waals surface area contributed by atoms with E-state index in [0.29, 0.717) is 110 Å². The van der Waals surface area contributed by atoms with Crippen molar-refractivity contribution in [3.8, 4) is 0 Å². The Morgan fingerprint density at radius 2 is 0.326 bits per heavy atom. The monoisotopic (exact) mass is 1410 g/mol. The van der Waals surface area contributed by atoms with Crippen molar-refractivity contribution >= 4 is 69.3 Å². The molecule has 0 aromatic heterocycles. The number of hydrogen-bond acceptors (Lipinski definition) is 12. The molecule has 6 rings (SSSR count). The number of carbonyl (C=O) groups is 6. The van der Waals surface area contributed by atoms with Crippen molar-refractivity contribution in [2.75, 3.05) is 0 Å². The zero-order valence-corrected chi connectivity index (χ0v) is 54.8. The topological polar surface area (TPSA) is 241 Å². The fourth-order valence-electron chi connectivity index (χ4n) is 8.28. The molecule has 0 amide bonds. The minimum Gasteiger partial charge on any atom is -0.872 e.